The minimum Gasteiger partial charge on any atom is -0.489 e. The number of aryl methyl sites for hydroxylation is 1. The van der Waals surface area contributed by atoms with Gasteiger partial charge in [0, 0.05) is 24.3 Å². The highest BCUT2D eigenvalue weighted by molar-refractivity contribution is 6.30. The Morgan fingerprint density at radius 2 is 2.10 bits per heavy atom. The van der Waals surface area contributed by atoms with Crippen LogP contribution in [0.5, 0.6) is 5.75 Å². The van der Waals surface area contributed by atoms with Crippen molar-refractivity contribution in [2.24, 2.45) is 7.05 Å². The summed E-state index contributed by atoms with van der Waals surface area (Å²) in [6, 6.07) is 8.47. The van der Waals surface area contributed by atoms with E-state index in [1.54, 1.807) is 48.3 Å². The van der Waals surface area contributed by atoms with Gasteiger partial charge in [-0.15, -0.1) is 0 Å². The Morgan fingerprint density at radius 3 is 2.71 bits per heavy atom. The van der Waals surface area contributed by atoms with Crippen molar-refractivity contribution in [1.29, 1.82) is 0 Å². The van der Waals surface area contributed by atoms with Crippen molar-refractivity contribution in [2.75, 3.05) is 11.9 Å². The molecule has 1 heterocycles. The molecule has 0 bridgehead atoms. The number of carbonyl (C=O) groups excluding carboxylic acids is 1. The van der Waals surface area contributed by atoms with Crippen molar-refractivity contribution in [3.8, 4) is 5.75 Å². The van der Waals surface area contributed by atoms with E-state index >= 15 is 0 Å². The highest BCUT2D eigenvalue weighted by Gasteiger charge is 2.08. The number of rotatable bonds is 5. The molecule has 0 saturated heterocycles. The normalized spacial score (nSPS) is 11.8. The lowest BCUT2D eigenvalue weighted by molar-refractivity contribution is 0.212. The van der Waals surface area contributed by atoms with E-state index in [1.807, 2.05) is 6.92 Å². The van der Waals surface area contributed by atoms with Crippen molar-refractivity contribution in [3.05, 3.63) is 41.6 Å². The summed E-state index contributed by atoms with van der Waals surface area (Å²) in [6.45, 7) is 2.25. The Balaban J connectivity index is 1.74. The fourth-order valence-corrected chi connectivity index (χ4v) is 1.79. The highest BCUT2D eigenvalue weighted by Crippen LogP contribution is 2.16. The summed E-state index contributed by atoms with van der Waals surface area (Å²) >= 11 is 5.80. The van der Waals surface area contributed by atoms with E-state index in [2.05, 4.69) is 15.7 Å². The quantitative estimate of drug-likeness (QED) is 0.892. The van der Waals surface area contributed by atoms with E-state index in [-0.39, 0.29) is 12.1 Å². The van der Waals surface area contributed by atoms with Gasteiger partial charge >= 0.3 is 6.03 Å². The Kier molecular flexibility index (Phi) is 5.05. The maximum Gasteiger partial charge on any atom is 0.320 e. The Bertz CT molecular complexity index is 597. The molecule has 0 spiro atoms. The van der Waals surface area contributed by atoms with Crippen LogP contribution in [0, 0.1) is 0 Å². The van der Waals surface area contributed by atoms with Crippen LogP contribution in [-0.2, 0) is 7.05 Å². The van der Waals surface area contributed by atoms with Crippen LogP contribution in [0.2, 0.25) is 5.02 Å². The van der Waals surface area contributed by atoms with E-state index < -0.39 is 0 Å². The van der Waals surface area contributed by atoms with Gasteiger partial charge in [0.1, 0.15) is 11.9 Å². The smallest absolute Gasteiger partial charge is 0.320 e. The zero-order valence-corrected chi connectivity index (χ0v) is 12.6. The summed E-state index contributed by atoms with van der Waals surface area (Å²) < 4.78 is 7.27. The Labute approximate surface area is 128 Å². The third-order valence-electron chi connectivity index (χ3n) is 2.66. The van der Waals surface area contributed by atoms with Crippen molar-refractivity contribution in [2.45, 2.75) is 13.0 Å². The van der Waals surface area contributed by atoms with Gasteiger partial charge in [-0.3, -0.25) is 10.00 Å². The van der Waals surface area contributed by atoms with Crippen LogP contribution in [0.1, 0.15) is 6.92 Å². The molecule has 0 radical (unpaired) electrons. The first kappa shape index (κ1) is 15.2. The minimum atomic E-state index is -0.319. The number of urea groups is 1. The van der Waals surface area contributed by atoms with E-state index in [9.17, 15) is 4.79 Å². The maximum absolute atomic E-state index is 11.7. The molecule has 6 nitrogen and oxygen atoms in total. The molecule has 2 aromatic rings. The Hall–Kier alpha value is -2.21. The summed E-state index contributed by atoms with van der Waals surface area (Å²) in [7, 11) is 1.78. The lowest BCUT2D eigenvalue weighted by atomic mass is 10.3. The van der Waals surface area contributed by atoms with Gasteiger partial charge in [0.15, 0.2) is 5.82 Å². The van der Waals surface area contributed by atoms with Crippen LogP contribution in [0.15, 0.2) is 36.5 Å². The molecule has 0 saturated carbocycles. The number of ether oxygens (including phenoxy) is 1. The minimum absolute atomic E-state index is 0.166. The molecular weight excluding hydrogens is 292 g/mol. The molecule has 0 aliphatic rings. The summed E-state index contributed by atoms with van der Waals surface area (Å²) in [5, 5.41) is 10.1. The largest absolute Gasteiger partial charge is 0.489 e. The number of aromatic nitrogens is 2. The van der Waals surface area contributed by atoms with Crippen molar-refractivity contribution >= 4 is 23.4 Å². The van der Waals surface area contributed by atoms with Crippen molar-refractivity contribution in [1.82, 2.24) is 15.1 Å². The van der Waals surface area contributed by atoms with Crippen LogP contribution in [-0.4, -0.2) is 28.5 Å². The number of anilines is 1. The van der Waals surface area contributed by atoms with Crippen LogP contribution >= 0.6 is 11.6 Å². The molecule has 0 aliphatic carbocycles. The average Bonchev–Trinajstić information content (AvgIpc) is 2.84. The monoisotopic (exact) mass is 308 g/mol. The third kappa shape index (κ3) is 5.00. The summed E-state index contributed by atoms with van der Waals surface area (Å²) in [5.74, 6) is 1.21. The first-order chi connectivity index (χ1) is 10.0. The second-order valence-corrected chi connectivity index (χ2v) is 5.03. The molecule has 2 N–H and O–H groups in total. The highest BCUT2D eigenvalue weighted by atomic mass is 35.5. The predicted octanol–water partition coefficient (Wildman–Crippen LogP) is 2.66. The average molecular weight is 309 g/mol. The van der Waals surface area contributed by atoms with E-state index in [0.29, 0.717) is 23.1 Å². The molecule has 2 rings (SSSR count). The predicted molar refractivity (Wildman–Crippen MR) is 81.8 cm³/mol. The van der Waals surface area contributed by atoms with E-state index in [4.69, 9.17) is 16.3 Å². The van der Waals surface area contributed by atoms with Gasteiger partial charge in [0.25, 0.3) is 0 Å². The first-order valence-electron chi connectivity index (χ1n) is 6.49. The summed E-state index contributed by atoms with van der Waals surface area (Å²) in [6.07, 6.45) is 1.59. The molecular formula is C14H17ClN4O2. The van der Waals surface area contributed by atoms with Crippen molar-refractivity contribution < 1.29 is 9.53 Å². The Morgan fingerprint density at radius 1 is 1.38 bits per heavy atom. The van der Waals surface area contributed by atoms with Gasteiger partial charge < -0.3 is 10.1 Å². The molecule has 0 aliphatic heterocycles. The van der Waals surface area contributed by atoms with Crippen LogP contribution < -0.4 is 15.4 Å². The summed E-state index contributed by atoms with van der Waals surface area (Å²) in [4.78, 5) is 11.7. The molecule has 2 amide bonds. The zero-order chi connectivity index (χ0) is 15.2. The standard InChI is InChI=1S/C14H17ClN4O2/c1-10(21-12-5-3-11(15)4-6-12)9-16-14(20)17-13-7-8-19(2)18-13/h3-8,10H,9H2,1-2H3,(H2,16,17,18,20). The fraction of sp³-hybridized carbons (Fsp3) is 0.286. The molecule has 112 valence electrons. The van der Waals surface area contributed by atoms with Gasteiger partial charge in [0.2, 0.25) is 0 Å². The van der Waals surface area contributed by atoms with E-state index in [1.165, 1.54) is 0 Å². The lowest BCUT2D eigenvalue weighted by Crippen LogP contribution is -2.36. The second kappa shape index (κ2) is 6.99. The number of amides is 2. The van der Waals surface area contributed by atoms with Crippen LogP contribution in [0.4, 0.5) is 10.6 Å². The lowest BCUT2D eigenvalue weighted by Gasteiger charge is -2.15. The molecule has 1 aromatic carbocycles. The number of nitrogens with zero attached hydrogens (tertiary/aromatic N) is 2. The molecule has 0 fully saturated rings. The molecule has 1 aromatic heterocycles. The van der Waals surface area contributed by atoms with Gasteiger partial charge in [-0.05, 0) is 31.2 Å². The number of nitrogens with one attached hydrogen (secondary N) is 2. The SMILES string of the molecule is CC(CNC(=O)Nc1ccn(C)n1)Oc1ccc(Cl)cc1. The van der Waals surface area contributed by atoms with Gasteiger partial charge in [-0.2, -0.15) is 5.10 Å². The van der Waals surface area contributed by atoms with Gasteiger partial charge in [-0.25, -0.2) is 4.79 Å². The summed E-state index contributed by atoms with van der Waals surface area (Å²) in [5.41, 5.74) is 0. The first-order valence-corrected chi connectivity index (χ1v) is 6.87. The number of carbonyl (C=O) groups is 1. The topological polar surface area (TPSA) is 68.2 Å². The molecule has 1 unspecified atom stereocenters. The molecule has 7 heteroatoms. The van der Waals surface area contributed by atoms with Gasteiger partial charge in [0.05, 0.1) is 6.54 Å². The second-order valence-electron chi connectivity index (χ2n) is 4.59. The number of halogens is 1. The molecule has 21 heavy (non-hydrogen) atoms. The third-order valence-corrected chi connectivity index (χ3v) is 2.91. The maximum atomic E-state index is 11.7. The van der Waals surface area contributed by atoms with E-state index in [0.717, 1.165) is 0 Å². The molecule has 1 atom stereocenters. The number of benzene rings is 1. The number of hydrogen-bond donors (Lipinski definition) is 2. The van der Waals surface area contributed by atoms with Crippen molar-refractivity contribution in [3.63, 3.8) is 0 Å². The number of hydrogen-bond acceptors (Lipinski definition) is 3. The fourth-order valence-electron chi connectivity index (χ4n) is 1.67. The van der Waals surface area contributed by atoms with Gasteiger partial charge in [-0.1, -0.05) is 11.6 Å². The van der Waals surface area contributed by atoms with Crippen LogP contribution in [0.3, 0.4) is 0 Å². The van der Waals surface area contributed by atoms with Crippen LogP contribution in [0.25, 0.3) is 0 Å². The zero-order valence-electron chi connectivity index (χ0n) is 11.8.